The van der Waals surface area contributed by atoms with Crippen LogP contribution in [0.1, 0.15) is 15.9 Å². The molecule has 0 unspecified atom stereocenters. The highest BCUT2D eigenvalue weighted by molar-refractivity contribution is 7.90. The number of aryl methyl sites for hydroxylation is 1. The fourth-order valence-corrected chi connectivity index (χ4v) is 3.78. The molecule has 7 nitrogen and oxygen atoms in total. The van der Waals surface area contributed by atoms with Gasteiger partial charge < -0.3 is 5.32 Å². The van der Waals surface area contributed by atoms with Crippen LogP contribution in [0.2, 0.25) is 0 Å². The van der Waals surface area contributed by atoms with Gasteiger partial charge in [-0.2, -0.15) is 0 Å². The monoisotopic (exact) mass is 396 g/mol. The van der Waals surface area contributed by atoms with Crippen molar-refractivity contribution < 1.29 is 21.6 Å². The van der Waals surface area contributed by atoms with E-state index in [-0.39, 0.29) is 22.9 Å². The van der Waals surface area contributed by atoms with Crippen LogP contribution in [-0.4, -0.2) is 42.1 Å². The third-order valence-electron chi connectivity index (χ3n) is 3.58. The van der Waals surface area contributed by atoms with Crippen LogP contribution in [0.3, 0.4) is 0 Å². The van der Waals surface area contributed by atoms with Crippen molar-refractivity contribution in [2.24, 2.45) is 0 Å². The van der Waals surface area contributed by atoms with E-state index < -0.39 is 25.8 Å². The molecule has 0 saturated carbocycles. The van der Waals surface area contributed by atoms with Gasteiger partial charge in [-0.3, -0.25) is 4.79 Å². The summed E-state index contributed by atoms with van der Waals surface area (Å²) in [6.45, 7) is 1.99. The number of hydrogen-bond acceptors (Lipinski definition) is 5. The van der Waals surface area contributed by atoms with Crippen LogP contribution in [0, 0.1) is 6.92 Å². The maximum absolute atomic E-state index is 12.1. The standard InChI is InChI=1S/C17H20N2O5S2/c1-13-3-7-16(8-4-13)26(23,24)19-12-11-18-17(20)14-5-9-15(10-6-14)25(2,21)22/h3-10,19H,11-12H2,1-2H3,(H,18,20). The molecular formula is C17H20N2O5S2. The van der Waals surface area contributed by atoms with E-state index in [1.807, 2.05) is 6.92 Å². The fourth-order valence-electron chi connectivity index (χ4n) is 2.12. The van der Waals surface area contributed by atoms with E-state index in [4.69, 9.17) is 0 Å². The van der Waals surface area contributed by atoms with E-state index in [0.29, 0.717) is 5.56 Å². The van der Waals surface area contributed by atoms with Gasteiger partial charge in [0.15, 0.2) is 9.84 Å². The molecule has 0 aromatic heterocycles. The number of rotatable bonds is 7. The van der Waals surface area contributed by atoms with Crippen molar-refractivity contribution >= 4 is 25.8 Å². The first kappa shape index (κ1) is 20.1. The number of benzene rings is 2. The largest absolute Gasteiger partial charge is 0.351 e. The highest BCUT2D eigenvalue weighted by Gasteiger charge is 2.13. The smallest absolute Gasteiger partial charge is 0.251 e. The number of hydrogen-bond donors (Lipinski definition) is 2. The summed E-state index contributed by atoms with van der Waals surface area (Å²) < 4.78 is 49.4. The normalized spacial score (nSPS) is 11.9. The van der Waals surface area contributed by atoms with E-state index in [1.165, 1.54) is 36.4 Å². The molecule has 9 heteroatoms. The Morgan fingerprint density at radius 1 is 0.846 bits per heavy atom. The first-order valence-corrected chi connectivity index (χ1v) is 11.1. The minimum absolute atomic E-state index is 0.0311. The summed E-state index contributed by atoms with van der Waals surface area (Å²) in [5, 5.41) is 2.57. The number of sulfonamides is 1. The lowest BCUT2D eigenvalue weighted by Gasteiger charge is -2.09. The van der Waals surface area contributed by atoms with E-state index in [2.05, 4.69) is 10.0 Å². The van der Waals surface area contributed by atoms with Crippen LogP contribution in [0.15, 0.2) is 58.3 Å². The van der Waals surface area contributed by atoms with Gasteiger partial charge in [0.1, 0.15) is 0 Å². The van der Waals surface area contributed by atoms with Crippen molar-refractivity contribution in [1.29, 1.82) is 0 Å². The second kappa shape index (κ2) is 7.98. The van der Waals surface area contributed by atoms with Crippen molar-refractivity contribution in [3.05, 3.63) is 59.7 Å². The molecule has 2 aromatic rings. The average molecular weight is 396 g/mol. The van der Waals surface area contributed by atoms with Gasteiger partial charge in [0, 0.05) is 24.9 Å². The third-order valence-corrected chi connectivity index (χ3v) is 6.18. The zero-order chi connectivity index (χ0) is 19.4. The lowest BCUT2D eigenvalue weighted by molar-refractivity contribution is 0.0954. The third kappa shape index (κ3) is 5.38. The molecule has 0 fully saturated rings. The molecular weight excluding hydrogens is 376 g/mol. The van der Waals surface area contributed by atoms with Crippen molar-refractivity contribution in [2.45, 2.75) is 16.7 Å². The Morgan fingerprint density at radius 2 is 1.38 bits per heavy atom. The van der Waals surface area contributed by atoms with Gasteiger partial charge in [-0.15, -0.1) is 0 Å². The molecule has 0 spiro atoms. The Kier molecular flexibility index (Phi) is 6.17. The summed E-state index contributed by atoms with van der Waals surface area (Å²) in [6.07, 6.45) is 1.09. The fraction of sp³-hybridized carbons (Fsp3) is 0.235. The Hall–Kier alpha value is -2.23. The van der Waals surface area contributed by atoms with Gasteiger partial charge in [0.2, 0.25) is 10.0 Å². The number of carbonyl (C=O) groups excluding carboxylic acids is 1. The van der Waals surface area contributed by atoms with E-state index in [1.54, 1.807) is 12.1 Å². The molecule has 0 saturated heterocycles. The molecule has 26 heavy (non-hydrogen) atoms. The van der Waals surface area contributed by atoms with Gasteiger partial charge >= 0.3 is 0 Å². The van der Waals surface area contributed by atoms with Gasteiger partial charge in [-0.05, 0) is 43.3 Å². The van der Waals surface area contributed by atoms with Crippen LogP contribution >= 0.6 is 0 Å². The minimum Gasteiger partial charge on any atom is -0.351 e. The Bertz CT molecular complexity index is 980. The summed E-state index contributed by atoms with van der Waals surface area (Å²) in [4.78, 5) is 12.3. The minimum atomic E-state index is -3.63. The predicted octanol–water partition coefficient (Wildman–Crippen LogP) is 1.11. The highest BCUT2D eigenvalue weighted by Crippen LogP contribution is 2.11. The first-order valence-electron chi connectivity index (χ1n) is 7.74. The van der Waals surface area contributed by atoms with Crippen molar-refractivity contribution in [1.82, 2.24) is 10.0 Å². The number of sulfone groups is 1. The molecule has 0 radical (unpaired) electrons. The number of nitrogens with one attached hydrogen (secondary N) is 2. The highest BCUT2D eigenvalue weighted by atomic mass is 32.2. The van der Waals surface area contributed by atoms with Crippen molar-refractivity contribution in [2.75, 3.05) is 19.3 Å². The summed E-state index contributed by atoms with van der Waals surface area (Å²) >= 11 is 0. The van der Waals surface area contributed by atoms with Crippen LogP contribution < -0.4 is 10.0 Å². The Balaban J connectivity index is 1.87. The van der Waals surface area contributed by atoms with Gasteiger partial charge in [-0.25, -0.2) is 21.6 Å². The topological polar surface area (TPSA) is 109 Å². The predicted molar refractivity (Wildman–Crippen MR) is 98.3 cm³/mol. The van der Waals surface area contributed by atoms with E-state index >= 15 is 0 Å². The lowest BCUT2D eigenvalue weighted by Crippen LogP contribution is -2.34. The first-order chi connectivity index (χ1) is 12.1. The summed E-state index contributed by atoms with van der Waals surface area (Å²) in [7, 11) is -6.95. The number of carbonyl (C=O) groups is 1. The molecule has 140 valence electrons. The van der Waals surface area contributed by atoms with Crippen molar-refractivity contribution in [3.63, 3.8) is 0 Å². The molecule has 2 aromatic carbocycles. The van der Waals surface area contributed by atoms with Crippen LogP contribution in [0.25, 0.3) is 0 Å². The van der Waals surface area contributed by atoms with Crippen LogP contribution in [-0.2, 0) is 19.9 Å². The SMILES string of the molecule is Cc1ccc(S(=O)(=O)NCCNC(=O)c2ccc(S(C)(=O)=O)cc2)cc1. The molecule has 2 rings (SSSR count). The second-order valence-corrected chi connectivity index (χ2v) is 9.55. The molecule has 0 atom stereocenters. The van der Waals surface area contributed by atoms with Gasteiger partial charge in [-0.1, -0.05) is 17.7 Å². The van der Waals surface area contributed by atoms with Crippen molar-refractivity contribution in [3.8, 4) is 0 Å². The zero-order valence-electron chi connectivity index (χ0n) is 14.4. The maximum atomic E-state index is 12.1. The summed E-state index contributed by atoms with van der Waals surface area (Å²) in [5.41, 5.74) is 1.25. The molecule has 0 aliphatic heterocycles. The Labute approximate surface area is 153 Å². The van der Waals surface area contributed by atoms with E-state index in [9.17, 15) is 21.6 Å². The van der Waals surface area contributed by atoms with E-state index in [0.717, 1.165) is 11.8 Å². The van der Waals surface area contributed by atoms with Crippen LogP contribution in [0.5, 0.6) is 0 Å². The quantitative estimate of drug-likeness (QED) is 0.681. The second-order valence-electron chi connectivity index (χ2n) is 5.76. The molecule has 0 aliphatic rings. The molecule has 0 bridgehead atoms. The zero-order valence-corrected chi connectivity index (χ0v) is 16.0. The lowest BCUT2D eigenvalue weighted by atomic mass is 10.2. The molecule has 0 aliphatic carbocycles. The molecule has 1 amide bonds. The number of amides is 1. The summed E-state index contributed by atoms with van der Waals surface area (Å²) in [6, 6.07) is 11.9. The Morgan fingerprint density at radius 3 is 1.92 bits per heavy atom. The average Bonchev–Trinajstić information content (AvgIpc) is 2.58. The van der Waals surface area contributed by atoms with Gasteiger partial charge in [0.05, 0.1) is 9.79 Å². The molecule has 0 heterocycles. The summed E-state index contributed by atoms with van der Waals surface area (Å²) in [5.74, 6) is -0.417. The van der Waals surface area contributed by atoms with Gasteiger partial charge in [0.25, 0.3) is 5.91 Å². The molecule has 2 N–H and O–H groups in total. The van der Waals surface area contributed by atoms with Crippen LogP contribution in [0.4, 0.5) is 0 Å². The maximum Gasteiger partial charge on any atom is 0.251 e.